The summed E-state index contributed by atoms with van der Waals surface area (Å²) in [6.45, 7) is 6.03. The van der Waals surface area contributed by atoms with Gasteiger partial charge in [-0.15, -0.1) is 0 Å². The standard InChI is InChI=1S/C23H27BrN2O4/c1-14(2)26(22(27)16-6-4-15(3)5-7-16)20-9-8-18(13-19(20)23(28)29)30-21-12-17(24)10-11-25-21/h8-16H,4-7H2,1-3H3,(H,28,29). The third kappa shape index (κ3) is 5.19. The minimum absolute atomic E-state index is 0.00160. The fourth-order valence-electron chi connectivity index (χ4n) is 3.88. The number of carbonyl (C=O) groups is 2. The molecular weight excluding hydrogens is 448 g/mol. The van der Waals surface area contributed by atoms with Gasteiger partial charge in [-0.3, -0.25) is 4.79 Å². The Morgan fingerprint density at radius 2 is 1.87 bits per heavy atom. The van der Waals surface area contributed by atoms with Gasteiger partial charge in [0.25, 0.3) is 0 Å². The number of halogens is 1. The van der Waals surface area contributed by atoms with E-state index in [1.807, 2.05) is 13.8 Å². The number of benzene rings is 1. The number of rotatable bonds is 6. The van der Waals surface area contributed by atoms with E-state index < -0.39 is 5.97 Å². The highest BCUT2D eigenvalue weighted by Crippen LogP contribution is 2.34. The van der Waals surface area contributed by atoms with E-state index in [0.29, 0.717) is 23.2 Å². The van der Waals surface area contributed by atoms with Crippen LogP contribution in [0.15, 0.2) is 41.0 Å². The van der Waals surface area contributed by atoms with Gasteiger partial charge in [0.05, 0.1) is 11.3 Å². The zero-order valence-corrected chi connectivity index (χ0v) is 19.1. The zero-order valence-electron chi connectivity index (χ0n) is 17.5. The predicted octanol–water partition coefficient (Wildman–Crippen LogP) is 5.90. The molecule has 0 atom stereocenters. The number of aromatic nitrogens is 1. The molecular formula is C23H27BrN2O4. The predicted molar refractivity (Wildman–Crippen MR) is 119 cm³/mol. The molecule has 6 nitrogen and oxygen atoms in total. The van der Waals surface area contributed by atoms with Crippen LogP contribution in [0.25, 0.3) is 0 Å². The molecule has 1 heterocycles. The fraction of sp³-hybridized carbons (Fsp3) is 0.435. The molecule has 160 valence electrons. The quantitative estimate of drug-likeness (QED) is 0.563. The molecule has 1 aliphatic rings. The van der Waals surface area contributed by atoms with Crippen molar-refractivity contribution in [3.63, 3.8) is 0 Å². The van der Waals surface area contributed by atoms with E-state index in [9.17, 15) is 14.7 Å². The van der Waals surface area contributed by atoms with Crippen LogP contribution in [0.1, 0.15) is 56.8 Å². The van der Waals surface area contributed by atoms with Crippen molar-refractivity contribution < 1.29 is 19.4 Å². The summed E-state index contributed by atoms with van der Waals surface area (Å²) in [6.07, 6.45) is 5.35. The van der Waals surface area contributed by atoms with Gasteiger partial charge >= 0.3 is 5.97 Å². The first kappa shape index (κ1) is 22.3. The monoisotopic (exact) mass is 474 g/mol. The highest BCUT2D eigenvalue weighted by atomic mass is 79.9. The zero-order chi connectivity index (χ0) is 21.8. The van der Waals surface area contributed by atoms with Gasteiger partial charge in [-0.25, -0.2) is 9.78 Å². The molecule has 2 aromatic rings. The number of carboxylic acids is 1. The average molecular weight is 475 g/mol. The van der Waals surface area contributed by atoms with Crippen molar-refractivity contribution in [3.05, 3.63) is 46.6 Å². The second-order valence-electron chi connectivity index (χ2n) is 8.16. The van der Waals surface area contributed by atoms with E-state index in [1.165, 1.54) is 6.07 Å². The van der Waals surface area contributed by atoms with E-state index in [4.69, 9.17) is 4.74 Å². The summed E-state index contributed by atoms with van der Waals surface area (Å²) < 4.78 is 6.53. The van der Waals surface area contributed by atoms with Crippen molar-refractivity contribution in [2.75, 3.05) is 4.90 Å². The van der Waals surface area contributed by atoms with E-state index >= 15 is 0 Å². The molecule has 1 fully saturated rings. The maximum absolute atomic E-state index is 13.3. The lowest BCUT2D eigenvalue weighted by Gasteiger charge is -2.34. The van der Waals surface area contributed by atoms with E-state index in [2.05, 4.69) is 27.8 Å². The minimum Gasteiger partial charge on any atom is -0.478 e. The molecule has 1 amide bonds. The Bertz CT molecular complexity index is 923. The maximum atomic E-state index is 13.3. The van der Waals surface area contributed by atoms with Crippen molar-refractivity contribution in [3.8, 4) is 11.6 Å². The largest absolute Gasteiger partial charge is 0.478 e. The first-order chi connectivity index (χ1) is 14.3. The van der Waals surface area contributed by atoms with Crippen LogP contribution in [-0.2, 0) is 4.79 Å². The number of ether oxygens (including phenoxy) is 1. The number of anilines is 1. The third-order valence-corrected chi connectivity index (χ3v) is 5.99. The molecule has 1 aromatic carbocycles. The number of hydrogen-bond acceptors (Lipinski definition) is 4. The molecule has 1 saturated carbocycles. The average Bonchev–Trinajstić information content (AvgIpc) is 2.69. The maximum Gasteiger partial charge on any atom is 0.337 e. The lowest BCUT2D eigenvalue weighted by molar-refractivity contribution is -0.123. The highest BCUT2D eigenvalue weighted by molar-refractivity contribution is 9.10. The molecule has 1 aliphatic carbocycles. The fourth-order valence-corrected chi connectivity index (χ4v) is 4.19. The van der Waals surface area contributed by atoms with Crippen LogP contribution in [0.3, 0.4) is 0 Å². The van der Waals surface area contributed by atoms with Crippen LogP contribution < -0.4 is 9.64 Å². The summed E-state index contributed by atoms with van der Waals surface area (Å²) in [4.78, 5) is 31.1. The first-order valence-corrected chi connectivity index (χ1v) is 11.1. The van der Waals surface area contributed by atoms with E-state index in [1.54, 1.807) is 35.4 Å². The van der Waals surface area contributed by atoms with Crippen molar-refractivity contribution >= 4 is 33.5 Å². The topological polar surface area (TPSA) is 79.7 Å². The van der Waals surface area contributed by atoms with Gasteiger partial charge in [0.2, 0.25) is 11.8 Å². The number of carboxylic acid groups (broad SMARTS) is 1. The lowest BCUT2D eigenvalue weighted by atomic mass is 9.82. The van der Waals surface area contributed by atoms with Gasteiger partial charge in [0.15, 0.2) is 0 Å². The van der Waals surface area contributed by atoms with Gasteiger partial charge in [-0.1, -0.05) is 22.9 Å². The van der Waals surface area contributed by atoms with E-state index in [0.717, 1.165) is 30.2 Å². The number of aromatic carboxylic acids is 1. The van der Waals surface area contributed by atoms with Gasteiger partial charge in [0.1, 0.15) is 5.75 Å². The smallest absolute Gasteiger partial charge is 0.337 e. The Hall–Kier alpha value is -2.41. The molecule has 30 heavy (non-hydrogen) atoms. The third-order valence-electron chi connectivity index (χ3n) is 5.50. The van der Waals surface area contributed by atoms with Crippen LogP contribution >= 0.6 is 15.9 Å². The normalized spacial score (nSPS) is 18.8. The molecule has 0 aliphatic heterocycles. The van der Waals surface area contributed by atoms with E-state index in [-0.39, 0.29) is 23.4 Å². The second-order valence-corrected chi connectivity index (χ2v) is 9.07. The second kappa shape index (κ2) is 9.60. The molecule has 0 radical (unpaired) electrons. The van der Waals surface area contributed by atoms with Crippen molar-refractivity contribution in [1.82, 2.24) is 4.98 Å². The van der Waals surface area contributed by atoms with Gasteiger partial charge in [-0.2, -0.15) is 0 Å². The molecule has 0 saturated heterocycles. The summed E-state index contributed by atoms with van der Waals surface area (Å²) in [6, 6.07) is 8.09. The minimum atomic E-state index is -1.10. The van der Waals surface area contributed by atoms with Crippen molar-refractivity contribution in [2.45, 2.75) is 52.5 Å². The number of hydrogen-bond donors (Lipinski definition) is 1. The van der Waals surface area contributed by atoms with Crippen LogP contribution in [0.2, 0.25) is 0 Å². The van der Waals surface area contributed by atoms with Gasteiger partial charge in [0, 0.05) is 28.7 Å². The van der Waals surface area contributed by atoms with Gasteiger partial charge in [-0.05, 0) is 69.7 Å². The molecule has 0 bridgehead atoms. The van der Waals surface area contributed by atoms with Crippen molar-refractivity contribution in [2.24, 2.45) is 11.8 Å². The highest BCUT2D eigenvalue weighted by Gasteiger charge is 2.32. The number of amides is 1. The summed E-state index contributed by atoms with van der Waals surface area (Å²) >= 11 is 3.36. The summed E-state index contributed by atoms with van der Waals surface area (Å²) in [5.41, 5.74) is 0.435. The number of pyridine rings is 1. The Morgan fingerprint density at radius 3 is 2.47 bits per heavy atom. The number of carbonyl (C=O) groups excluding carboxylic acids is 1. The summed E-state index contributed by atoms with van der Waals surface area (Å²) in [5, 5.41) is 9.84. The molecule has 1 aromatic heterocycles. The molecule has 3 rings (SSSR count). The Labute approximate surface area is 185 Å². The summed E-state index contributed by atoms with van der Waals surface area (Å²) in [7, 11) is 0. The van der Waals surface area contributed by atoms with Crippen molar-refractivity contribution in [1.29, 1.82) is 0 Å². The Balaban J connectivity index is 1.91. The first-order valence-electron chi connectivity index (χ1n) is 10.3. The van der Waals surface area contributed by atoms with Gasteiger partial charge < -0.3 is 14.7 Å². The number of nitrogens with zero attached hydrogens (tertiary/aromatic N) is 2. The van der Waals surface area contributed by atoms with Crippen LogP contribution in [0, 0.1) is 11.8 Å². The Kier molecular flexibility index (Phi) is 7.13. The van der Waals surface area contributed by atoms with Crippen LogP contribution in [-0.4, -0.2) is 28.0 Å². The van der Waals surface area contributed by atoms with Crippen LogP contribution in [0.5, 0.6) is 11.6 Å². The molecule has 0 unspecified atom stereocenters. The molecule has 0 spiro atoms. The van der Waals surface area contributed by atoms with Crippen LogP contribution in [0.4, 0.5) is 5.69 Å². The lowest BCUT2D eigenvalue weighted by Crippen LogP contribution is -2.42. The summed E-state index contributed by atoms with van der Waals surface area (Å²) in [5.74, 6) is 0.173. The SMILES string of the molecule is CC1CCC(C(=O)N(c2ccc(Oc3cc(Br)ccn3)cc2C(=O)O)C(C)C)CC1. The Morgan fingerprint density at radius 1 is 1.17 bits per heavy atom. The molecule has 1 N–H and O–H groups in total. The molecule has 7 heteroatoms.